The Kier molecular flexibility index (Phi) is 6.15. The van der Waals surface area contributed by atoms with Gasteiger partial charge in [-0.3, -0.25) is 0 Å². The molecule has 4 nitrogen and oxygen atoms in total. The second-order valence-electron chi connectivity index (χ2n) is 3.99. The van der Waals surface area contributed by atoms with Crippen LogP contribution in [0, 0.1) is 0 Å². The van der Waals surface area contributed by atoms with Gasteiger partial charge in [0.25, 0.3) is 0 Å². The van der Waals surface area contributed by atoms with E-state index in [4.69, 9.17) is 4.74 Å². The molecule has 0 unspecified atom stereocenters. The second-order valence-corrected chi connectivity index (χ2v) is 4.84. The van der Waals surface area contributed by atoms with Crippen LogP contribution in [0.15, 0.2) is 22.7 Å². The average Bonchev–Trinajstić information content (AvgIpc) is 2.36. The number of aromatic carboxylic acids is 1. The summed E-state index contributed by atoms with van der Waals surface area (Å²) in [7, 11) is 0. The number of carbonyl (C=O) groups is 1. The Labute approximate surface area is 116 Å². The molecule has 0 heterocycles. The van der Waals surface area contributed by atoms with Gasteiger partial charge in [0.1, 0.15) is 18.9 Å². The van der Waals surface area contributed by atoms with E-state index in [2.05, 4.69) is 29.8 Å². The van der Waals surface area contributed by atoms with Crippen molar-refractivity contribution in [2.24, 2.45) is 0 Å². The molecule has 1 rings (SSSR count). The Hall–Kier alpha value is -1.07. The first-order chi connectivity index (χ1) is 8.58. The highest BCUT2D eigenvalue weighted by molar-refractivity contribution is 9.10. The van der Waals surface area contributed by atoms with Crippen LogP contribution < -0.4 is 14.7 Å². The van der Waals surface area contributed by atoms with Gasteiger partial charge in [-0.25, -0.2) is 0 Å². The normalized spacial score (nSPS) is 10.7. The molecule has 0 saturated heterocycles. The third kappa shape index (κ3) is 4.31. The minimum Gasteiger partial charge on any atom is -0.545 e. The lowest BCUT2D eigenvalue weighted by molar-refractivity contribution is -0.896. The van der Waals surface area contributed by atoms with E-state index in [0.29, 0.717) is 16.8 Å². The number of benzene rings is 1. The first-order valence-corrected chi connectivity index (χ1v) is 6.85. The number of likely N-dealkylation sites (N-methyl/N-ethyl adjacent to an activating group) is 1. The summed E-state index contributed by atoms with van der Waals surface area (Å²) >= 11 is 3.29. The first kappa shape index (κ1) is 15.0. The van der Waals surface area contributed by atoms with E-state index in [-0.39, 0.29) is 5.56 Å². The van der Waals surface area contributed by atoms with E-state index < -0.39 is 5.97 Å². The Bertz CT molecular complexity index is 405. The molecule has 1 aromatic rings. The molecule has 5 heteroatoms. The van der Waals surface area contributed by atoms with Crippen LogP contribution in [0.25, 0.3) is 0 Å². The molecule has 0 atom stereocenters. The molecule has 0 fully saturated rings. The zero-order valence-corrected chi connectivity index (χ0v) is 12.2. The topological polar surface area (TPSA) is 53.8 Å². The standard InChI is InChI=1S/C13H18BrNO3/c1-3-15(4-2)7-8-18-12-6-5-10(13(16)17)9-11(12)14/h5-6,9H,3-4,7-8H2,1-2H3,(H,16,17). The van der Waals surface area contributed by atoms with Crippen LogP contribution in [0.4, 0.5) is 0 Å². The summed E-state index contributed by atoms with van der Waals surface area (Å²) in [5.41, 5.74) is 0.142. The van der Waals surface area contributed by atoms with Crippen LogP contribution in [0.5, 0.6) is 5.75 Å². The summed E-state index contributed by atoms with van der Waals surface area (Å²) in [5, 5.41) is 10.7. The van der Waals surface area contributed by atoms with E-state index in [9.17, 15) is 9.90 Å². The number of carboxylic acids is 1. The lowest BCUT2D eigenvalue weighted by Gasteiger charge is -2.16. The maximum atomic E-state index is 10.7. The molecule has 0 amide bonds. The molecule has 0 saturated carbocycles. The minimum absolute atomic E-state index is 0.142. The maximum absolute atomic E-state index is 10.7. The summed E-state index contributed by atoms with van der Waals surface area (Å²) in [6, 6.07) is 4.63. The lowest BCUT2D eigenvalue weighted by Crippen LogP contribution is -3.12. The maximum Gasteiger partial charge on any atom is 0.137 e. The molecule has 0 aliphatic carbocycles. The van der Waals surface area contributed by atoms with E-state index >= 15 is 0 Å². The molecule has 0 bridgehead atoms. The van der Waals surface area contributed by atoms with Crippen molar-refractivity contribution in [2.75, 3.05) is 26.2 Å². The highest BCUT2D eigenvalue weighted by Gasteiger charge is 2.06. The van der Waals surface area contributed by atoms with Crippen molar-refractivity contribution >= 4 is 21.9 Å². The highest BCUT2D eigenvalue weighted by Crippen LogP contribution is 2.25. The Morgan fingerprint density at radius 1 is 1.39 bits per heavy atom. The van der Waals surface area contributed by atoms with E-state index in [1.807, 2.05) is 0 Å². The summed E-state index contributed by atoms with van der Waals surface area (Å²) in [6.07, 6.45) is 0. The summed E-state index contributed by atoms with van der Waals surface area (Å²) < 4.78 is 6.26. The average molecular weight is 316 g/mol. The Balaban J connectivity index is 2.55. The number of halogens is 1. The fraction of sp³-hybridized carbons (Fsp3) is 0.462. The van der Waals surface area contributed by atoms with Crippen LogP contribution >= 0.6 is 15.9 Å². The number of carboxylic acid groups (broad SMARTS) is 1. The summed E-state index contributed by atoms with van der Waals surface area (Å²) in [4.78, 5) is 12.1. The molecular formula is C13H18BrNO3. The van der Waals surface area contributed by atoms with Crippen molar-refractivity contribution in [3.8, 4) is 5.75 Å². The third-order valence-corrected chi connectivity index (χ3v) is 3.50. The smallest absolute Gasteiger partial charge is 0.137 e. The van der Waals surface area contributed by atoms with Crippen molar-refractivity contribution in [3.05, 3.63) is 28.2 Å². The van der Waals surface area contributed by atoms with Gasteiger partial charge in [0.2, 0.25) is 0 Å². The third-order valence-electron chi connectivity index (χ3n) is 2.88. The molecule has 18 heavy (non-hydrogen) atoms. The van der Waals surface area contributed by atoms with Gasteiger partial charge in [0.15, 0.2) is 0 Å². The summed E-state index contributed by atoms with van der Waals surface area (Å²) in [6.45, 7) is 7.98. The number of quaternary nitrogens is 1. The molecule has 0 aliphatic heterocycles. The van der Waals surface area contributed by atoms with Gasteiger partial charge in [0.05, 0.1) is 23.5 Å². The van der Waals surface area contributed by atoms with Crippen LogP contribution in [0.3, 0.4) is 0 Å². The number of nitrogens with one attached hydrogen (secondary N) is 1. The van der Waals surface area contributed by atoms with E-state index in [0.717, 1.165) is 19.6 Å². The van der Waals surface area contributed by atoms with Gasteiger partial charge in [0, 0.05) is 0 Å². The van der Waals surface area contributed by atoms with Crippen LogP contribution in [0.1, 0.15) is 24.2 Å². The Morgan fingerprint density at radius 3 is 2.56 bits per heavy atom. The number of rotatable bonds is 7. The molecule has 1 aromatic carbocycles. The number of carbonyl (C=O) groups excluding carboxylic acids is 1. The zero-order valence-electron chi connectivity index (χ0n) is 10.7. The van der Waals surface area contributed by atoms with Gasteiger partial charge in [-0.2, -0.15) is 0 Å². The molecule has 0 radical (unpaired) electrons. The largest absolute Gasteiger partial charge is 0.545 e. The van der Waals surface area contributed by atoms with Crippen LogP contribution in [-0.2, 0) is 0 Å². The van der Waals surface area contributed by atoms with Crippen molar-refractivity contribution in [1.82, 2.24) is 0 Å². The molecule has 1 N–H and O–H groups in total. The van der Waals surface area contributed by atoms with E-state index in [1.54, 1.807) is 6.07 Å². The van der Waals surface area contributed by atoms with E-state index in [1.165, 1.54) is 17.0 Å². The first-order valence-electron chi connectivity index (χ1n) is 6.05. The van der Waals surface area contributed by atoms with Crippen molar-refractivity contribution in [2.45, 2.75) is 13.8 Å². The lowest BCUT2D eigenvalue weighted by atomic mass is 10.2. The monoisotopic (exact) mass is 315 g/mol. The zero-order chi connectivity index (χ0) is 13.5. The van der Waals surface area contributed by atoms with Crippen molar-refractivity contribution < 1.29 is 19.5 Å². The second kappa shape index (κ2) is 7.38. The summed E-state index contributed by atoms with van der Waals surface area (Å²) in [5.74, 6) is -0.526. The predicted octanol–water partition coefficient (Wildman–Crippen LogP) is 0.116. The van der Waals surface area contributed by atoms with Gasteiger partial charge < -0.3 is 19.5 Å². The van der Waals surface area contributed by atoms with Gasteiger partial charge in [-0.1, -0.05) is 0 Å². The quantitative estimate of drug-likeness (QED) is 0.777. The predicted molar refractivity (Wildman–Crippen MR) is 70.9 cm³/mol. The number of hydrogen-bond acceptors (Lipinski definition) is 3. The molecule has 100 valence electrons. The molecular weight excluding hydrogens is 298 g/mol. The Morgan fingerprint density at radius 2 is 2.06 bits per heavy atom. The van der Waals surface area contributed by atoms with Gasteiger partial charge >= 0.3 is 0 Å². The highest BCUT2D eigenvalue weighted by atomic mass is 79.9. The minimum atomic E-state index is -1.19. The fourth-order valence-electron chi connectivity index (χ4n) is 1.65. The number of ether oxygens (including phenoxy) is 1. The van der Waals surface area contributed by atoms with Crippen molar-refractivity contribution in [1.29, 1.82) is 0 Å². The van der Waals surface area contributed by atoms with Crippen LogP contribution in [-0.4, -0.2) is 32.2 Å². The fourth-order valence-corrected chi connectivity index (χ4v) is 2.15. The molecule has 0 aliphatic rings. The molecule has 0 spiro atoms. The van der Waals surface area contributed by atoms with Crippen molar-refractivity contribution in [3.63, 3.8) is 0 Å². The van der Waals surface area contributed by atoms with Gasteiger partial charge in [-0.05, 0) is 53.5 Å². The molecule has 0 aromatic heterocycles. The number of hydrogen-bond donors (Lipinski definition) is 1. The van der Waals surface area contributed by atoms with Gasteiger partial charge in [-0.15, -0.1) is 0 Å². The van der Waals surface area contributed by atoms with Crippen LogP contribution in [0.2, 0.25) is 0 Å². The SMILES string of the molecule is CC[NH+](CC)CCOc1ccc(C(=O)[O-])cc1Br.